The van der Waals surface area contributed by atoms with Gasteiger partial charge in [0.05, 0.1) is 6.20 Å². The Kier molecular flexibility index (Phi) is 2.64. The van der Waals surface area contributed by atoms with Crippen molar-refractivity contribution in [1.29, 1.82) is 0 Å². The number of aryl methyl sites for hydroxylation is 1. The number of rotatable bonds is 3. The molecular formula is C14H15N3O. The number of fused-ring (bicyclic) bond motifs is 1. The van der Waals surface area contributed by atoms with Crippen molar-refractivity contribution in [3.63, 3.8) is 0 Å². The fraction of sp³-hybridized carbons (Fsp3) is 0.214. The third-order valence-corrected chi connectivity index (χ3v) is 3.09. The second-order valence-electron chi connectivity index (χ2n) is 4.36. The van der Waals surface area contributed by atoms with Crippen LogP contribution >= 0.6 is 0 Å². The second-order valence-corrected chi connectivity index (χ2v) is 4.36. The van der Waals surface area contributed by atoms with Gasteiger partial charge in [0.1, 0.15) is 0 Å². The first-order valence-electron chi connectivity index (χ1n) is 6.01. The number of hydrogen-bond donors (Lipinski definition) is 2. The summed E-state index contributed by atoms with van der Waals surface area (Å²) in [6, 6.07) is 6.19. The van der Waals surface area contributed by atoms with E-state index in [4.69, 9.17) is 10.2 Å². The maximum Gasteiger partial charge on any atom is 0.196 e. The van der Waals surface area contributed by atoms with Gasteiger partial charge in [-0.3, -0.25) is 0 Å². The molecule has 0 atom stereocenters. The monoisotopic (exact) mass is 241 g/mol. The SMILES string of the molecule is Cc1cccc2[nH]cc(-c3cnc(CCN)o3)c12. The predicted molar refractivity (Wildman–Crippen MR) is 71.3 cm³/mol. The third kappa shape index (κ3) is 1.71. The summed E-state index contributed by atoms with van der Waals surface area (Å²) in [6.45, 7) is 2.64. The fourth-order valence-corrected chi connectivity index (χ4v) is 2.24. The molecule has 2 heterocycles. The van der Waals surface area contributed by atoms with E-state index in [0.717, 1.165) is 16.8 Å². The molecule has 0 spiro atoms. The summed E-state index contributed by atoms with van der Waals surface area (Å²) < 4.78 is 5.72. The van der Waals surface area contributed by atoms with Crippen molar-refractivity contribution < 1.29 is 4.42 Å². The normalized spacial score (nSPS) is 11.2. The Morgan fingerprint density at radius 3 is 3.11 bits per heavy atom. The molecule has 3 N–H and O–H groups in total. The van der Waals surface area contributed by atoms with Crippen LogP contribution in [0.25, 0.3) is 22.2 Å². The number of aromatic amines is 1. The van der Waals surface area contributed by atoms with E-state index in [1.54, 1.807) is 6.20 Å². The molecule has 92 valence electrons. The zero-order valence-corrected chi connectivity index (χ0v) is 10.2. The highest BCUT2D eigenvalue weighted by Gasteiger charge is 2.12. The standard InChI is InChI=1S/C14H15N3O/c1-9-3-2-4-11-14(9)10(7-16-11)12-8-17-13(18-12)5-6-15/h2-4,7-8,16H,5-6,15H2,1H3. The Hall–Kier alpha value is -2.07. The van der Waals surface area contributed by atoms with Crippen LogP contribution < -0.4 is 5.73 Å². The molecule has 0 aliphatic rings. The summed E-state index contributed by atoms with van der Waals surface area (Å²) in [5.74, 6) is 1.48. The van der Waals surface area contributed by atoms with Crippen molar-refractivity contribution in [3.05, 3.63) is 42.0 Å². The number of nitrogens with zero attached hydrogens (tertiary/aromatic N) is 1. The van der Waals surface area contributed by atoms with Crippen LogP contribution in [0.15, 0.2) is 35.0 Å². The van der Waals surface area contributed by atoms with Crippen LogP contribution in [0.4, 0.5) is 0 Å². The Morgan fingerprint density at radius 2 is 2.28 bits per heavy atom. The summed E-state index contributed by atoms with van der Waals surface area (Å²) >= 11 is 0. The molecule has 0 saturated carbocycles. The average molecular weight is 241 g/mol. The van der Waals surface area contributed by atoms with Crippen LogP contribution in [0.1, 0.15) is 11.5 Å². The highest BCUT2D eigenvalue weighted by Crippen LogP contribution is 2.31. The van der Waals surface area contributed by atoms with Gasteiger partial charge in [0, 0.05) is 35.6 Å². The maximum absolute atomic E-state index is 5.72. The minimum atomic E-state index is 0.548. The molecule has 0 aliphatic carbocycles. The molecule has 2 aromatic heterocycles. The Balaban J connectivity index is 2.13. The Labute approximate surface area is 105 Å². The van der Waals surface area contributed by atoms with Gasteiger partial charge in [0.15, 0.2) is 11.7 Å². The molecule has 3 aromatic rings. The predicted octanol–water partition coefficient (Wildman–Crippen LogP) is 2.63. The lowest BCUT2D eigenvalue weighted by Crippen LogP contribution is -2.02. The Morgan fingerprint density at radius 1 is 1.39 bits per heavy atom. The van der Waals surface area contributed by atoms with Crippen molar-refractivity contribution in [3.8, 4) is 11.3 Å². The van der Waals surface area contributed by atoms with Crippen LogP contribution in [-0.2, 0) is 6.42 Å². The van der Waals surface area contributed by atoms with E-state index in [0.29, 0.717) is 18.9 Å². The molecule has 18 heavy (non-hydrogen) atoms. The van der Waals surface area contributed by atoms with E-state index < -0.39 is 0 Å². The van der Waals surface area contributed by atoms with Gasteiger partial charge in [-0.25, -0.2) is 4.98 Å². The number of hydrogen-bond acceptors (Lipinski definition) is 3. The fourth-order valence-electron chi connectivity index (χ4n) is 2.24. The highest BCUT2D eigenvalue weighted by atomic mass is 16.4. The summed E-state index contributed by atoms with van der Waals surface area (Å²) in [5, 5.41) is 1.19. The van der Waals surface area contributed by atoms with Crippen molar-refractivity contribution in [2.24, 2.45) is 5.73 Å². The zero-order chi connectivity index (χ0) is 12.5. The van der Waals surface area contributed by atoms with Gasteiger partial charge in [-0.1, -0.05) is 12.1 Å². The Bertz CT molecular complexity index is 681. The summed E-state index contributed by atoms with van der Waals surface area (Å²) in [6.07, 6.45) is 4.39. The number of aromatic nitrogens is 2. The number of nitrogens with one attached hydrogen (secondary N) is 1. The van der Waals surface area contributed by atoms with Crippen LogP contribution in [0.3, 0.4) is 0 Å². The number of oxazole rings is 1. The van der Waals surface area contributed by atoms with E-state index in [2.05, 4.69) is 29.0 Å². The van der Waals surface area contributed by atoms with Gasteiger partial charge >= 0.3 is 0 Å². The van der Waals surface area contributed by atoms with Gasteiger partial charge in [0.2, 0.25) is 0 Å². The van der Waals surface area contributed by atoms with Gasteiger partial charge in [-0.05, 0) is 18.6 Å². The lowest BCUT2D eigenvalue weighted by Gasteiger charge is -1.98. The summed E-state index contributed by atoms with van der Waals surface area (Å²) in [7, 11) is 0. The summed E-state index contributed by atoms with van der Waals surface area (Å²) in [5.41, 5.74) is 8.89. The minimum absolute atomic E-state index is 0.548. The van der Waals surface area contributed by atoms with Crippen LogP contribution in [-0.4, -0.2) is 16.5 Å². The smallest absolute Gasteiger partial charge is 0.196 e. The van der Waals surface area contributed by atoms with Crippen molar-refractivity contribution in [1.82, 2.24) is 9.97 Å². The van der Waals surface area contributed by atoms with E-state index in [1.165, 1.54) is 10.9 Å². The lowest BCUT2D eigenvalue weighted by molar-refractivity contribution is 0.508. The molecule has 0 unspecified atom stereocenters. The summed E-state index contributed by atoms with van der Waals surface area (Å²) in [4.78, 5) is 7.49. The van der Waals surface area contributed by atoms with Crippen molar-refractivity contribution in [2.45, 2.75) is 13.3 Å². The van der Waals surface area contributed by atoms with E-state index in [1.807, 2.05) is 12.3 Å². The van der Waals surface area contributed by atoms with E-state index in [9.17, 15) is 0 Å². The maximum atomic E-state index is 5.72. The number of nitrogens with two attached hydrogens (primary N) is 1. The van der Waals surface area contributed by atoms with Crippen LogP contribution in [0.2, 0.25) is 0 Å². The van der Waals surface area contributed by atoms with Crippen molar-refractivity contribution in [2.75, 3.05) is 6.54 Å². The minimum Gasteiger partial charge on any atom is -0.441 e. The highest BCUT2D eigenvalue weighted by molar-refractivity contribution is 5.96. The molecule has 1 aromatic carbocycles. The molecular weight excluding hydrogens is 226 g/mol. The topological polar surface area (TPSA) is 67.8 Å². The molecule has 4 heteroatoms. The molecule has 0 saturated heterocycles. The third-order valence-electron chi connectivity index (χ3n) is 3.09. The first-order valence-corrected chi connectivity index (χ1v) is 6.01. The van der Waals surface area contributed by atoms with Crippen LogP contribution in [0, 0.1) is 6.92 Å². The van der Waals surface area contributed by atoms with E-state index >= 15 is 0 Å². The molecule has 0 amide bonds. The molecule has 0 radical (unpaired) electrons. The van der Waals surface area contributed by atoms with E-state index in [-0.39, 0.29) is 0 Å². The molecule has 4 nitrogen and oxygen atoms in total. The zero-order valence-electron chi connectivity index (χ0n) is 10.2. The first kappa shape index (κ1) is 11.0. The van der Waals surface area contributed by atoms with Gasteiger partial charge in [-0.15, -0.1) is 0 Å². The van der Waals surface area contributed by atoms with Gasteiger partial charge in [-0.2, -0.15) is 0 Å². The molecule has 0 fully saturated rings. The number of H-pyrrole nitrogens is 1. The first-order chi connectivity index (χ1) is 8.79. The van der Waals surface area contributed by atoms with Gasteiger partial charge < -0.3 is 15.1 Å². The van der Waals surface area contributed by atoms with Gasteiger partial charge in [0.25, 0.3) is 0 Å². The second kappa shape index (κ2) is 4.31. The molecule has 0 bridgehead atoms. The quantitative estimate of drug-likeness (QED) is 0.740. The van der Waals surface area contributed by atoms with Crippen molar-refractivity contribution >= 4 is 10.9 Å². The average Bonchev–Trinajstić information content (AvgIpc) is 2.96. The van der Waals surface area contributed by atoms with Crippen LogP contribution in [0.5, 0.6) is 0 Å². The molecule has 3 rings (SSSR count). The largest absolute Gasteiger partial charge is 0.441 e. The number of benzene rings is 1. The lowest BCUT2D eigenvalue weighted by atomic mass is 10.1. The molecule has 0 aliphatic heterocycles.